The number of rotatable bonds is 9. The molecule has 0 aliphatic carbocycles. The van der Waals surface area contributed by atoms with E-state index in [0.29, 0.717) is 12.0 Å². The molecule has 0 aromatic heterocycles. The fraction of sp³-hybridized carbons (Fsp3) is 0.316. The highest BCUT2D eigenvalue weighted by Crippen LogP contribution is 2.16. The van der Waals surface area contributed by atoms with Gasteiger partial charge in [-0.1, -0.05) is 33.1 Å². The average Bonchev–Trinajstić information content (AvgIpc) is 2.45. The second kappa shape index (κ2) is 8.23. The largest absolute Gasteiger partial charge is 0.295 e. The highest BCUT2D eigenvalue weighted by atomic mass is 16.1. The number of allylic oxidation sites excluding steroid dienone is 2. The van der Waals surface area contributed by atoms with Crippen LogP contribution in [-0.4, -0.2) is 17.3 Å². The van der Waals surface area contributed by atoms with Gasteiger partial charge in [0.15, 0.2) is 17.3 Å². The summed E-state index contributed by atoms with van der Waals surface area (Å²) in [6, 6.07) is 5.25. The molecule has 1 rings (SSSR count). The van der Waals surface area contributed by atoms with Crippen molar-refractivity contribution in [3.63, 3.8) is 0 Å². The first kappa shape index (κ1) is 17.8. The molecule has 3 heteroatoms. The lowest BCUT2D eigenvalue weighted by Gasteiger charge is -2.09. The average molecular weight is 298 g/mol. The van der Waals surface area contributed by atoms with Crippen molar-refractivity contribution in [1.82, 2.24) is 0 Å². The Morgan fingerprint density at radius 3 is 1.77 bits per heavy atom. The minimum absolute atomic E-state index is 0.0233. The Morgan fingerprint density at radius 2 is 1.41 bits per heavy atom. The number of carbonyl (C=O) groups excluding carboxylic acids is 3. The van der Waals surface area contributed by atoms with Crippen LogP contribution in [0, 0.1) is 5.92 Å². The van der Waals surface area contributed by atoms with Crippen LogP contribution in [0.25, 0.3) is 0 Å². The molecule has 0 saturated heterocycles. The Kier molecular flexibility index (Phi) is 6.64. The molecule has 22 heavy (non-hydrogen) atoms. The van der Waals surface area contributed by atoms with Crippen molar-refractivity contribution >= 4 is 17.3 Å². The fourth-order valence-electron chi connectivity index (χ4n) is 2.16. The molecule has 0 atom stereocenters. The van der Waals surface area contributed by atoms with Gasteiger partial charge in [-0.25, -0.2) is 0 Å². The molecule has 0 bridgehead atoms. The maximum absolute atomic E-state index is 12.3. The zero-order valence-corrected chi connectivity index (χ0v) is 13.2. The molecule has 116 valence electrons. The molecule has 0 aliphatic heterocycles. The van der Waals surface area contributed by atoms with Gasteiger partial charge in [0.25, 0.3) is 0 Å². The summed E-state index contributed by atoms with van der Waals surface area (Å²) < 4.78 is 0. The lowest BCUT2D eigenvalue weighted by atomic mass is 9.94. The molecule has 0 fully saturated rings. The first-order chi connectivity index (χ1) is 10.3. The smallest absolute Gasteiger partial charge is 0.163 e. The maximum Gasteiger partial charge on any atom is 0.163 e. The van der Waals surface area contributed by atoms with Gasteiger partial charge in [-0.2, -0.15) is 0 Å². The standard InChI is InChI=1S/C19H22O3/c1-5-17(20)11-14-8-15(12-18(21)6-2)10-16(9-14)19(22)7-13(3)4/h5-6,8-10,13H,1-2,7,11-12H2,3-4H3. The quantitative estimate of drug-likeness (QED) is 0.518. The Labute approximate surface area is 131 Å². The number of ketones is 3. The van der Waals surface area contributed by atoms with Gasteiger partial charge in [0.1, 0.15) is 0 Å². The van der Waals surface area contributed by atoms with E-state index < -0.39 is 0 Å². The monoisotopic (exact) mass is 298 g/mol. The summed E-state index contributed by atoms with van der Waals surface area (Å²) in [4.78, 5) is 35.3. The third-order valence-electron chi connectivity index (χ3n) is 3.18. The van der Waals surface area contributed by atoms with E-state index in [4.69, 9.17) is 0 Å². The number of hydrogen-bond donors (Lipinski definition) is 0. The second-order valence-electron chi connectivity index (χ2n) is 5.75. The number of benzene rings is 1. The van der Waals surface area contributed by atoms with E-state index in [1.165, 1.54) is 12.2 Å². The summed E-state index contributed by atoms with van der Waals surface area (Å²) in [7, 11) is 0. The normalized spacial score (nSPS) is 10.3. The van der Waals surface area contributed by atoms with E-state index in [1.54, 1.807) is 18.2 Å². The molecule has 0 N–H and O–H groups in total. The molecule has 0 radical (unpaired) electrons. The Balaban J connectivity index is 3.15. The first-order valence-electron chi connectivity index (χ1n) is 7.32. The highest BCUT2D eigenvalue weighted by molar-refractivity contribution is 5.98. The third-order valence-corrected chi connectivity index (χ3v) is 3.18. The summed E-state index contributed by atoms with van der Waals surface area (Å²) in [5.74, 6) is 0.0448. The molecular formula is C19H22O3. The van der Waals surface area contributed by atoms with E-state index in [2.05, 4.69) is 13.2 Å². The summed E-state index contributed by atoms with van der Waals surface area (Å²) in [5, 5.41) is 0. The summed E-state index contributed by atoms with van der Waals surface area (Å²) in [6.45, 7) is 10.9. The topological polar surface area (TPSA) is 51.2 Å². The van der Waals surface area contributed by atoms with Gasteiger partial charge in [0.05, 0.1) is 0 Å². The van der Waals surface area contributed by atoms with E-state index in [-0.39, 0.29) is 36.1 Å². The van der Waals surface area contributed by atoms with Crippen LogP contribution in [0.3, 0.4) is 0 Å². The van der Waals surface area contributed by atoms with E-state index >= 15 is 0 Å². The molecule has 0 amide bonds. The van der Waals surface area contributed by atoms with Crippen molar-refractivity contribution < 1.29 is 14.4 Å². The van der Waals surface area contributed by atoms with Crippen LogP contribution in [0.1, 0.15) is 41.8 Å². The Morgan fingerprint density at radius 1 is 0.955 bits per heavy atom. The summed E-state index contributed by atoms with van der Waals surface area (Å²) >= 11 is 0. The van der Waals surface area contributed by atoms with Crippen molar-refractivity contribution in [2.24, 2.45) is 5.92 Å². The highest BCUT2D eigenvalue weighted by Gasteiger charge is 2.13. The van der Waals surface area contributed by atoms with Crippen molar-refractivity contribution in [2.75, 3.05) is 0 Å². The van der Waals surface area contributed by atoms with Crippen LogP contribution >= 0.6 is 0 Å². The van der Waals surface area contributed by atoms with Crippen molar-refractivity contribution in [2.45, 2.75) is 33.1 Å². The van der Waals surface area contributed by atoms with Crippen molar-refractivity contribution in [3.05, 3.63) is 60.2 Å². The first-order valence-corrected chi connectivity index (χ1v) is 7.32. The lowest BCUT2D eigenvalue weighted by Crippen LogP contribution is -2.08. The van der Waals surface area contributed by atoms with Gasteiger partial charge >= 0.3 is 0 Å². The molecule has 1 aromatic rings. The molecule has 0 unspecified atom stereocenters. The predicted molar refractivity (Wildman–Crippen MR) is 88.0 cm³/mol. The predicted octanol–water partition coefficient (Wildman–Crippen LogP) is 3.51. The number of carbonyl (C=O) groups is 3. The van der Waals surface area contributed by atoms with Crippen LogP contribution < -0.4 is 0 Å². The van der Waals surface area contributed by atoms with Crippen LogP contribution in [0.4, 0.5) is 0 Å². The van der Waals surface area contributed by atoms with Gasteiger partial charge in [-0.15, -0.1) is 0 Å². The van der Waals surface area contributed by atoms with Crippen LogP contribution in [0.15, 0.2) is 43.5 Å². The molecule has 0 aliphatic rings. The minimum Gasteiger partial charge on any atom is -0.295 e. The lowest BCUT2D eigenvalue weighted by molar-refractivity contribution is -0.114. The minimum atomic E-state index is -0.116. The van der Waals surface area contributed by atoms with Crippen LogP contribution in [0.2, 0.25) is 0 Å². The molecule has 1 aromatic carbocycles. The zero-order valence-electron chi connectivity index (χ0n) is 13.2. The molecule has 0 heterocycles. The maximum atomic E-state index is 12.3. The van der Waals surface area contributed by atoms with E-state index in [9.17, 15) is 14.4 Å². The van der Waals surface area contributed by atoms with Crippen LogP contribution in [0.5, 0.6) is 0 Å². The van der Waals surface area contributed by atoms with Gasteiger partial charge < -0.3 is 0 Å². The van der Waals surface area contributed by atoms with E-state index in [1.807, 2.05) is 13.8 Å². The zero-order chi connectivity index (χ0) is 16.7. The molecule has 3 nitrogen and oxygen atoms in total. The van der Waals surface area contributed by atoms with Gasteiger partial charge in [0.2, 0.25) is 0 Å². The van der Waals surface area contributed by atoms with Gasteiger partial charge in [0, 0.05) is 24.8 Å². The number of hydrogen-bond acceptors (Lipinski definition) is 3. The fourth-order valence-corrected chi connectivity index (χ4v) is 2.16. The number of Topliss-reactive ketones (excluding diaryl/α,β-unsaturated/α-hetero) is 1. The summed E-state index contributed by atoms with van der Waals surface area (Å²) in [5.41, 5.74) is 2.01. The van der Waals surface area contributed by atoms with Gasteiger partial charge in [-0.3, -0.25) is 14.4 Å². The second-order valence-corrected chi connectivity index (χ2v) is 5.75. The molecule has 0 spiro atoms. The van der Waals surface area contributed by atoms with Gasteiger partial charge in [-0.05, 0) is 41.3 Å². The van der Waals surface area contributed by atoms with Crippen molar-refractivity contribution in [1.29, 1.82) is 0 Å². The van der Waals surface area contributed by atoms with Crippen molar-refractivity contribution in [3.8, 4) is 0 Å². The van der Waals surface area contributed by atoms with Crippen LogP contribution in [-0.2, 0) is 22.4 Å². The Hall–Kier alpha value is -2.29. The Bertz CT molecular complexity index is 569. The molecular weight excluding hydrogens is 276 g/mol. The third kappa shape index (κ3) is 5.60. The molecule has 0 saturated carbocycles. The summed E-state index contributed by atoms with van der Waals surface area (Å²) in [6.07, 6.45) is 3.32. The van der Waals surface area contributed by atoms with E-state index in [0.717, 1.165) is 11.1 Å². The SMILES string of the molecule is C=CC(=O)Cc1cc(CC(=O)C=C)cc(C(=O)CC(C)C)c1.